The van der Waals surface area contributed by atoms with E-state index in [-0.39, 0.29) is 26.9 Å². The van der Waals surface area contributed by atoms with Gasteiger partial charge in [-0.15, -0.1) is 0 Å². The Hall–Kier alpha value is -4.38. The monoisotopic (exact) mass is 522 g/mol. The molecular weight excluding hydrogens is 500 g/mol. The first-order valence-electron chi connectivity index (χ1n) is 11.2. The van der Waals surface area contributed by atoms with E-state index in [1.54, 1.807) is 49.4 Å². The molecule has 1 amide bonds. The van der Waals surface area contributed by atoms with Gasteiger partial charge in [-0.1, -0.05) is 23.5 Å². The summed E-state index contributed by atoms with van der Waals surface area (Å²) in [6.45, 7) is 2.36. The van der Waals surface area contributed by atoms with Crippen LogP contribution in [0.4, 0.5) is 5.13 Å². The lowest BCUT2D eigenvalue weighted by atomic mass is 9.95. The number of ketones is 1. The number of hydrogen-bond donors (Lipinski definition) is 1. The van der Waals surface area contributed by atoms with Crippen LogP contribution in [0.5, 0.6) is 17.2 Å². The molecule has 3 aromatic rings. The molecule has 0 unspecified atom stereocenters. The number of ether oxygens (including phenoxy) is 4. The summed E-state index contributed by atoms with van der Waals surface area (Å²) in [7, 11) is 2.77. The Kier molecular flexibility index (Phi) is 6.30. The van der Waals surface area contributed by atoms with Crippen molar-refractivity contribution in [2.45, 2.75) is 13.0 Å². The molecule has 11 heteroatoms. The zero-order valence-corrected chi connectivity index (χ0v) is 21.0. The van der Waals surface area contributed by atoms with Gasteiger partial charge in [-0.25, -0.2) is 9.78 Å². The Bertz CT molecular complexity index is 1440. The van der Waals surface area contributed by atoms with Crippen LogP contribution in [0, 0.1) is 6.92 Å². The highest BCUT2D eigenvalue weighted by molar-refractivity contribution is 7.17. The van der Waals surface area contributed by atoms with E-state index in [0.29, 0.717) is 41.7 Å². The van der Waals surface area contributed by atoms with Gasteiger partial charge in [0.2, 0.25) is 0 Å². The molecule has 1 fully saturated rings. The van der Waals surface area contributed by atoms with Gasteiger partial charge in [0.15, 0.2) is 16.6 Å². The van der Waals surface area contributed by atoms with E-state index in [0.717, 1.165) is 11.3 Å². The molecule has 1 saturated heterocycles. The number of thiazole rings is 1. The number of fused-ring (bicyclic) bond motifs is 1. The molecule has 3 heterocycles. The Morgan fingerprint density at radius 2 is 1.78 bits per heavy atom. The van der Waals surface area contributed by atoms with Crippen LogP contribution < -0.4 is 19.1 Å². The Labute approximate surface area is 215 Å². The number of hydrogen-bond acceptors (Lipinski definition) is 10. The fraction of sp³-hybridized carbons (Fsp3) is 0.231. The lowest BCUT2D eigenvalue weighted by Gasteiger charge is -2.23. The van der Waals surface area contributed by atoms with E-state index in [1.165, 1.54) is 19.1 Å². The van der Waals surface area contributed by atoms with Gasteiger partial charge in [0.25, 0.3) is 5.78 Å². The second-order valence-corrected chi connectivity index (χ2v) is 9.18. The minimum atomic E-state index is -1.02. The zero-order chi connectivity index (χ0) is 26.3. The summed E-state index contributed by atoms with van der Waals surface area (Å²) in [6.07, 6.45) is 0. The Balaban J connectivity index is 1.68. The molecule has 0 spiro atoms. The molecule has 5 rings (SSSR count). The van der Waals surface area contributed by atoms with Crippen molar-refractivity contribution in [2.75, 3.05) is 32.3 Å². The molecule has 1 N–H and O–H groups in total. The number of nitrogens with zero attached hydrogens (tertiary/aromatic N) is 2. The van der Waals surface area contributed by atoms with Gasteiger partial charge in [-0.05, 0) is 42.8 Å². The van der Waals surface area contributed by atoms with Crippen LogP contribution in [-0.4, -0.2) is 55.2 Å². The number of aryl methyl sites for hydroxylation is 1. The maximum Gasteiger partial charge on any atom is 0.350 e. The average molecular weight is 523 g/mol. The van der Waals surface area contributed by atoms with E-state index in [1.807, 2.05) is 0 Å². The molecule has 37 heavy (non-hydrogen) atoms. The van der Waals surface area contributed by atoms with E-state index in [2.05, 4.69) is 4.98 Å². The third-order valence-corrected chi connectivity index (χ3v) is 7.19. The Morgan fingerprint density at radius 1 is 1.08 bits per heavy atom. The lowest BCUT2D eigenvalue weighted by molar-refractivity contribution is -0.132. The predicted molar refractivity (Wildman–Crippen MR) is 133 cm³/mol. The molecule has 2 aromatic carbocycles. The number of anilines is 1. The number of benzene rings is 2. The molecule has 2 aliphatic rings. The number of aliphatic hydroxyl groups is 1. The minimum absolute atomic E-state index is 0.126. The number of aliphatic hydroxyl groups excluding tert-OH is 1. The molecule has 2 aliphatic heterocycles. The molecule has 10 nitrogen and oxygen atoms in total. The van der Waals surface area contributed by atoms with Crippen molar-refractivity contribution in [1.82, 2.24) is 4.98 Å². The van der Waals surface area contributed by atoms with Crippen LogP contribution >= 0.6 is 11.3 Å². The topological polar surface area (TPSA) is 124 Å². The highest BCUT2D eigenvalue weighted by Crippen LogP contribution is 2.45. The van der Waals surface area contributed by atoms with Crippen molar-refractivity contribution in [2.24, 2.45) is 0 Å². The van der Waals surface area contributed by atoms with Crippen LogP contribution in [0.15, 0.2) is 48.0 Å². The highest BCUT2D eigenvalue weighted by atomic mass is 32.1. The van der Waals surface area contributed by atoms with Crippen molar-refractivity contribution in [1.29, 1.82) is 0 Å². The molecular formula is C26H22N2O8S. The number of Topliss-reactive ketones (excluding diaryl/α,β-unsaturated/α-hetero) is 1. The molecule has 0 aliphatic carbocycles. The lowest BCUT2D eigenvalue weighted by Crippen LogP contribution is -2.29. The number of esters is 1. The summed E-state index contributed by atoms with van der Waals surface area (Å²) >= 11 is 0.931. The SMILES string of the molecule is COC(=O)c1sc(N2C(=O)C(=O)/C(=C(/O)c3ccc4c(c3)OCCO4)[C@@H]2c2ccc(OC)cc2)nc1C. The van der Waals surface area contributed by atoms with Crippen molar-refractivity contribution in [3.05, 3.63) is 69.7 Å². The van der Waals surface area contributed by atoms with Gasteiger partial charge in [-0.3, -0.25) is 14.5 Å². The standard InChI is InChI=1S/C26H22N2O8S/c1-13-23(25(32)34-3)37-26(27-13)28-20(14-4-7-16(33-2)8-5-14)19(22(30)24(28)31)21(29)15-6-9-17-18(12-15)36-11-10-35-17/h4-9,12,20,29H,10-11H2,1-3H3/b21-19+/t20-/m0/s1. The summed E-state index contributed by atoms with van der Waals surface area (Å²) in [5, 5.41) is 11.5. The number of carbonyl (C=O) groups excluding carboxylic acids is 3. The number of carbonyl (C=O) groups is 3. The van der Waals surface area contributed by atoms with Gasteiger partial charge >= 0.3 is 11.9 Å². The smallest absolute Gasteiger partial charge is 0.350 e. The molecule has 0 bridgehead atoms. The normalized spacial score (nSPS) is 18.1. The second-order valence-electron chi connectivity index (χ2n) is 8.20. The quantitative estimate of drug-likeness (QED) is 0.231. The minimum Gasteiger partial charge on any atom is -0.507 e. The highest BCUT2D eigenvalue weighted by Gasteiger charge is 2.48. The third kappa shape index (κ3) is 4.16. The van der Waals surface area contributed by atoms with Crippen LogP contribution in [0.1, 0.15) is 32.5 Å². The maximum absolute atomic E-state index is 13.4. The van der Waals surface area contributed by atoms with Crippen molar-refractivity contribution in [3.8, 4) is 17.2 Å². The van der Waals surface area contributed by atoms with Gasteiger partial charge in [-0.2, -0.15) is 0 Å². The molecule has 190 valence electrons. The fourth-order valence-electron chi connectivity index (χ4n) is 4.24. The summed E-state index contributed by atoms with van der Waals surface area (Å²) in [6, 6.07) is 10.5. The fourth-order valence-corrected chi connectivity index (χ4v) is 5.26. The zero-order valence-electron chi connectivity index (χ0n) is 20.1. The van der Waals surface area contributed by atoms with Crippen LogP contribution in [0.25, 0.3) is 5.76 Å². The van der Waals surface area contributed by atoms with Gasteiger partial charge in [0.1, 0.15) is 29.6 Å². The van der Waals surface area contributed by atoms with E-state index in [9.17, 15) is 19.5 Å². The molecule has 1 atom stereocenters. The number of rotatable bonds is 5. The summed E-state index contributed by atoms with van der Waals surface area (Å²) < 4.78 is 21.2. The van der Waals surface area contributed by atoms with Gasteiger partial charge < -0.3 is 24.1 Å². The number of amides is 1. The molecule has 0 radical (unpaired) electrons. The van der Waals surface area contributed by atoms with Crippen molar-refractivity contribution in [3.63, 3.8) is 0 Å². The number of aromatic nitrogens is 1. The third-order valence-electron chi connectivity index (χ3n) is 6.05. The first-order valence-corrected chi connectivity index (χ1v) is 12.1. The van der Waals surface area contributed by atoms with E-state index >= 15 is 0 Å². The predicted octanol–water partition coefficient (Wildman–Crippen LogP) is 3.64. The largest absolute Gasteiger partial charge is 0.507 e. The van der Waals surface area contributed by atoms with E-state index < -0.39 is 23.7 Å². The van der Waals surface area contributed by atoms with Crippen LogP contribution in [-0.2, 0) is 14.3 Å². The number of methoxy groups -OCH3 is 2. The Morgan fingerprint density at radius 3 is 2.46 bits per heavy atom. The second kappa shape index (κ2) is 9.58. The van der Waals surface area contributed by atoms with Crippen LogP contribution in [0.3, 0.4) is 0 Å². The van der Waals surface area contributed by atoms with Gasteiger partial charge in [0, 0.05) is 5.56 Å². The van der Waals surface area contributed by atoms with Crippen molar-refractivity contribution < 1.29 is 38.4 Å². The summed E-state index contributed by atoms with van der Waals surface area (Å²) in [5.74, 6) is -1.24. The molecule has 0 saturated carbocycles. The summed E-state index contributed by atoms with van der Waals surface area (Å²) in [4.78, 5) is 44.7. The van der Waals surface area contributed by atoms with Crippen molar-refractivity contribution >= 4 is 39.9 Å². The first-order chi connectivity index (χ1) is 17.8. The average Bonchev–Trinajstić information content (AvgIpc) is 3.43. The first kappa shape index (κ1) is 24.3. The van der Waals surface area contributed by atoms with Crippen LogP contribution in [0.2, 0.25) is 0 Å². The summed E-state index contributed by atoms with van der Waals surface area (Å²) in [5.41, 5.74) is 1.05. The molecule has 1 aromatic heterocycles. The van der Waals surface area contributed by atoms with Gasteiger partial charge in [0.05, 0.1) is 31.5 Å². The maximum atomic E-state index is 13.4. The van der Waals surface area contributed by atoms with E-state index in [4.69, 9.17) is 18.9 Å².